The molecule has 5 nitrogen and oxygen atoms in total. The SMILES string of the molecule is O=[N+]([O-])c1cccc(OO)c1. The van der Waals surface area contributed by atoms with Crippen molar-refractivity contribution in [1.29, 1.82) is 0 Å². The Labute approximate surface area is 61.9 Å². The van der Waals surface area contributed by atoms with Gasteiger partial charge in [0, 0.05) is 6.07 Å². The third kappa shape index (κ3) is 1.65. The van der Waals surface area contributed by atoms with Crippen LogP contribution in [0.3, 0.4) is 0 Å². The fourth-order valence-electron chi connectivity index (χ4n) is 0.654. The molecule has 0 radical (unpaired) electrons. The maximum absolute atomic E-state index is 10.1. The molecule has 5 heteroatoms. The van der Waals surface area contributed by atoms with E-state index in [-0.39, 0.29) is 11.4 Å². The molecule has 1 rings (SSSR count). The van der Waals surface area contributed by atoms with Gasteiger partial charge in [-0.05, 0) is 6.07 Å². The summed E-state index contributed by atoms with van der Waals surface area (Å²) in [7, 11) is 0. The molecule has 1 aromatic rings. The van der Waals surface area contributed by atoms with Crippen molar-refractivity contribution in [2.24, 2.45) is 0 Å². The smallest absolute Gasteiger partial charge is 0.273 e. The van der Waals surface area contributed by atoms with Crippen LogP contribution in [0.2, 0.25) is 0 Å². The van der Waals surface area contributed by atoms with Crippen LogP contribution >= 0.6 is 0 Å². The molecule has 0 amide bonds. The van der Waals surface area contributed by atoms with Crippen molar-refractivity contribution < 1.29 is 15.1 Å². The summed E-state index contributed by atoms with van der Waals surface area (Å²) < 4.78 is 0. The second kappa shape index (κ2) is 2.98. The Morgan fingerprint density at radius 2 is 2.27 bits per heavy atom. The van der Waals surface area contributed by atoms with E-state index < -0.39 is 4.92 Å². The summed E-state index contributed by atoms with van der Waals surface area (Å²) >= 11 is 0. The zero-order chi connectivity index (χ0) is 8.27. The van der Waals surface area contributed by atoms with Crippen LogP contribution in [0.15, 0.2) is 24.3 Å². The van der Waals surface area contributed by atoms with E-state index >= 15 is 0 Å². The predicted octanol–water partition coefficient (Wildman–Crippen LogP) is 1.45. The van der Waals surface area contributed by atoms with Gasteiger partial charge in [-0.2, -0.15) is 0 Å². The topological polar surface area (TPSA) is 72.6 Å². The molecule has 0 bridgehead atoms. The van der Waals surface area contributed by atoms with E-state index in [2.05, 4.69) is 4.89 Å². The molecule has 0 aliphatic heterocycles. The van der Waals surface area contributed by atoms with Crippen molar-refractivity contribution in [1.82, 2.24) is 0 Å². The first-order valence-electron chi connectivity index (χ1n) is 2.80. The van der Waals surface area contributed by atoms with E-state index in [1.807, 2.05) is 0 Å². The molecule has 0 atom stereocenters. The molecule has 0 heterocycles. The van der Waals surface area contributed by atoms with Crippen molar-refractivity contribution in [2.45, 2.75) is 0 Å². The number of hydrogen-bond acceptors (Lipinski definition) is 4. The van der Waals surface area contributed by atoms with Crippen LogP contribution in [0.25, 0.3) is 0 Å². The van der Waals surface area contributed by atoms with Gasteiger partial charge < -0.3 is 4.89 Å². The Kier molecular flexibility index (Phi) is 2.03. The highest BCUT2D eigenvalue weighted by molar-refractivity contribution is 5.37. The summed E-state index contributed by atoms with van der Waals surface area (Å²) in [6.45, 7) is 0. The van der Waals surface area contributed by atoms with E-state index in [1.54, 1.807) is 0 Å². The Bertz CT molecular complexity index is 273. The number of nitro benzene ring substituents is 1. The minimum atomic E-state index is -0.567. The second-order valence-corrected chi connectivity index (χ2v) is 1.85. The van der Waals surface area contributed by atoms with E-state index in [0.717, 1.165) is 6.07 Å². The molecular weight excluding hydrogens is 150 g/mol. The zero-order valence-corrected chi connectivity index (χ0v) is 5.43. The maximum atomic E-state index is 10.1. The lowest BCUT2D eigenvalue weighted by Crippen LogP contribution is -1.89. The van der Waals surface area contributed by atoms with E-state index in [4.69, 9.17) is 5.26 Å². The number of rotatable bonds is 2. The highest BCUT2D eigenvalue weighted by atomic mass is 17.1. The van der Waals surface area contributed by atoms with Crippen LogP contribution in [-0.2, 0) is 0 Å². The van der Waals surface area contributed by atoms with E-state index in [9.17, 15) is 10.1 Å². The van der Waals surface area contributed by atoms with Gasteiger partial charge in [-0.3, -0.25) is 10.1 Å². The Morgan fingerprint density at radius 1 is 1.55 bits per heavy atom. The summed E-state index contributed by atoms with van der Waals surface area (Å²) in [5.74, 6) is 0.0548. The molecular formula is C6H5NO4. The minimum Gasteiger partial charge on any atom is -0.340 e. The predicted molar refractivity (Wildman–Crippen MR) is 36.4 cm³/mol. The largest absolute Gasteiger partial charge is 0.340 e. The van der Waals surface area contributed by atoms with Crippen molar-refractivity contribution in [3.63, 3.8) is 0 Å². The molecule has 0 aromatic heterocycles. The van der Waals surface area contributed by atoms with E-state index in [0.29, 0.717) is 0 Å². The second-order valence-electron chi connectivity index (χ2n) is 1.85. The Balaban J connectivity index is 3.01. The molecule has 11 heavy (non-hydrogen) atoms. The Hall–Kier alpha value is -1.62. The van der Waals surface area contributed by atoms with Crippen molar-refractivity contribution in [3.8, 4) is 5.75 Å². The quantitative estimate of drug-likeness (QED) is 0.398. The number of non-ortho nitro benzene ring substituents is 1. The van der Waals surface area contributed by atoms with Crippen LogP contribution in [-0.4, -0.2) is 10.2 Å². The first-order valence-corrected chi connectivity index (χ1v) is 2.80. The molecule has 1 N–H and O–H groups in total. The van der Waals surface area contributed by atoms with Gasteiger partial charge in [-0.15, -0.1) is 0 Å². The lowest BCUT2D eigenvalue weighted by Gasteiger charge is -1.94. The van der Waals surface area contributed by atoms with Crippen molar-refractivity contribution in [3.05, 3.63) is 34.4 Å². The summed E-state index contributed by atoms with van der Waals surface area (Å²) in [6.07, 6.45) is 0. The number of nitrogens with zero attached hydrogens (tertiary/aromatic N) is 1. The molecule has 0 spiro atoms. The standard InChI is InChI=1S/C6H5NO4/c8-7(9)5-2-1-3-6(4-5)11-10/h1-4,10H. The van der Waals surface area contributed by atoms with Gasteiger partial charge in [0.25, 0.3) is 5.69 Å². The molecule has 0 aliphatic rings. The van der Waals surface area contributed by atoms with Crippen LogP contribution in [0.1, 0.15) is 0 Å². The van der Waals surface area contributed by atoms with Gasteiger partial charge in [0.05, 0.1) is 11.0 Å². The number of nitro groups is 1. The summed E-state index contributed by atoms with van der Waals surface area (Å²) in [5.41, 5.74) is -0.114. The summed E-state index contributed by atoms with van der Waals surface area (Å²) in [5, 5.41) is 18.3. The lowest BCUT2D eigenvalue weighted by atomic mass is 10.3. The third-order valence-electron chi connectivity index (χ3n) is 1.13. The highest BCUT2D eigenvalue weighted by Crippen LogP contribution is 2.17. The van der Waals surface area contributed by atoms with Crippen LogP contribution in [0, 0.1) is 10.1 Å². The van der Waals surface area contributed by atoms with E-state index in [1.165, 1.54) is 18.2 Å². The van der Waals surface area contributed by atoms with Gasteiger partial charge in [0.1, 0.15) is 0 Å². The van der Waals surface area contributed by atoms with Crippen LogP contribution < -0.4 is 4.89 Å². The monoisotopic (exact) mass is 155 g/mol. The molecule has 0 aliphatic carbocycles. The number of benzene rings is 1. The van der Waals surface area contributed by atoms with Gasteiger partial charge in [0.15, 0.2) is 5.75 Å². The third-order valence-corrected chi connectivity index (χ3v) is 1.13. The van der Waals surface area contributed by atoms with Gasteiger partial charge in [-0.1, -0.05) is 6.07 Å². The minimum absolute atomic E-state index is 0.0548. The molecule has 1 aromatic carbocycles. The highest BCUT2D eigenvalue weighted by Gasteiger charge is 2.05. The van der Waals surface area contributed by atoms with Crippen molar-refractivity contribution >= 4 is 5.69 Å². The van der Waals surface area contributed by atoms with Crippen LogP contribution in [0.4, 0.5) is 5.69 Å². The number of hydrogen-bond donors (Lipinski definition) is 1. The fraction of sp³-hybridized carbons (Fsp3) is 0. The zero-order valence-electron chi connectivity index (χ0n) is 5.43. The van der Waals surface area contributed by atoms with Crippen molar-refractivity contribution in [2.75, 3.05) is 0 Å². The molecule has 58 valence electrons. The van der Waals surface area contributed by atoms with Gasteiger partial charge >= 0.3 is 0 Å². The summed E-state index contributed by atoms with van der Waals surface area (Å²) in [4.78, 5) is 13.4. The Morgan fingerprint density at radius 3 is 2.82 bits per heavy atom. The van der Waals surface area contributed by atoms with Gasteiger partial charge in [-0.25, -0.2) is 5.26 Å². The first-order chi connectivity index (χ1) is 5.24. The molecule has 0 saturated heterocycles. The van der Waals surface area contributed by atoms with Gasteiger partial charge in [0.2, 0.25) is 0 Å². The average Bonchev–Trinajstić information content (AvgIpc) is 2.05. The lowest BCUT2D eigenvalue weighted by molar-refractivity contribution is -0.385. The molecule has 0 unspecified atom stereocenters. The average molecular weight is 155 g/mol. The first kappa shape index (κ1) is 7.49. The molecule has 0 fully saturated rings. The molecule has 0 saturated carbocycles. The fourth-order valence-corrected chi connectivity index (χ4v) is 0.654. The maximum Gasteiger partial charge on any atom is 0.273 e. The van der Waals surface area contributed by atoms with Crippen LogP contribution in [0.5, 0.6) is 5.75 Å². The normalized spacial score (nSPS) is 9.18. The summed E-state index contributed by atoms with van der Waals surface area (Å²) in [6, 6.07) is 5.26.